The summed E-state index contributed by atoms with van der Waals surface area (Å²) >= 11 is 0. The third-order valence-corrected chi connectivity index (χ3v) is 12.4. The Morgan fingerprint density at radius 2 is 0.672 bits per heavy atom. The Morgan fingerprint density at radius 1 is 0.397 bits per heavy atom. The molecule has 58 heavy (non-hydrogen) atoms. The van der Waals surface area contributed by atoms with Crippen LogP contribution >= 0.6 is 0 Å². The van der Waals surface area contributed by atoms with Crippen LogP contribution in [0, 0.1) is 0 Å². The summed E-state index contributed by atoms with van der Waals surface area (Å²) in [6.07, 6.45) is 66.2. The molecule has 0 aliphatic heterocycles. The predicted octanol–water partition coefficient (Wildman–Crippen LogP) is 17.1. The molecule has 0 aromatic rings. The minimum atomic E-state index is -0.859. The van der Waals surface area contributed by atoms with E-state index in [-0.39, 0.29) is 12.5 Å². The molecule has 4 heteroatoms. The lowest BCUT2D eigenvalue weighted by molar-refractivity contribution is -0.123. The van der Waals surface area contributed by atoms with Crippen molar-refractivity contribution in [3.05, 3.63) is 24.3 Å². The monoisotopic (exact) mass is 816 g/mol. The maximum absolute atomic E-state index is 12.4. The number of amides is 1. The van der Waals surface area contributed by atoms with Crippen molar-refractivity contribution in [2.24, 2.45) is 0 Å². The van der Waals surface area contributed by atoms with Crippen LogP contribution in [-0.4, -0.2) is 34.9 Å². The van der Waals surface area contributed by atoms with Gasteiger partial charge >= 0.3 is 0 Å². The van der Waals surface area contributed by atoms with E-state index in [1.165, 1.54) is 244 Å². The van der Waals surface area contributed by atoms with Crippen LogP contribution in [0.4, 0.5) is 0 Å². The molecular weight excluding hydrogens is 711 g/mol. The van der Waals surface area contributed by atoms with Crippen molar-refractivity contribution < 1.29 is 15.0 Å². The molecule has 1 amide bonds. The van der Waals surface area contributed by atoms with Gasteiger partial charge < -0.3 is 15.5 Å². The molecule has 0 fully saturated rings. The zero-order chi connectivity index (χ0) is 42.1. The average Bonchev–Trinajstić information content (AvgIpc) is 3.23. The summed E-state index contributed by atoms with van der Waals surface area (Å²) in [5.74, 6) is -0.0677. The Labute approximate surface area is 364 Å². The molecule has 0 aliphatic carbocycles. The minimum Gasteiger partial charge on any atom is -0.394 e. The van der Waals surface area contributed by atoms with E-state index in [4.69, 9.17) is 0 Å². The normalized spacial score (nSPS) is 13.0. The van der Waals surface area contributed by atoms with Gasteiger partial charge in [-0.2, -0.15) is 0 Å². The second-order valence-electron chi connectivity index (χ2n) is 18.3. The number of carbonyl (C=O) groups is 1. The maximum atomic E-state index is 12.4. The number of aliphatic hydroxyl groups is 2. The van der Waals surface area contributed by atoms with Crippen LogP contribution < -0.4 is 5.32 Å². The molecule has 2 atom stereocenters. The molecule has 0 aromatic carbocycles. The Balaban J connectivity index is 3.46. The smallest absolute Gasteiger partial charge is 0.220 e. The van der Waals surface area contributed by atoms with Gasteiger partial charge in [0.25, 0.3) is 0 Å². The first-order valence-corrected chi connectivity index (χ1v) is 26.6. The number of rotatable bonds is 49. The quantitative estimate of drug-likeness (QED) is 0.0423. The van der Waals surface area contributed by atoms with Crippen molar-refractivity contribution in [3.8, 4) is 0 Å². The summed E-state index contributed by atoms with van der Waals surface area (Å²) in [6, 6.07) is -0.635. The summed E-state index contributed by atoms with van der Waals surface area (Å²) in [4.78, 5) is 12.4. The number of unbranched alkanes of at least 4 members (excludes halogenated alkanes) is 40. The van der Waals surface area contributed by atoms with Crippen LogP contribution in [0.3, 0.4) is 0 Å². The molecule has 2 unspecified atom stereocenters. The Kier molecular flexibility index (Phi) is 49.2. The number of nitrogens with one attached hydrogen (secondary N) is 1. The van der Waals surface area contributed by atoms with E-state index in [9.17, 15) is 15.0 Å². The van der Waals surface area contributed by atoms with Crippen LogP contribution in [0.2, 0.25) is 0 Å². The number of hydrogen-bond acceptors (Lipinski definition) is 3. The molecule has 3 N–H and O–H groups in total. The van der Waals surface area contributed by atoms with E-state index in [2.05, 4.69) is 31.3 Å². The fraction of sp³-hybridized carbons (Fsp3) is 0.907. The topological polar surface area (TPSA) is 69.6 Å². The lowest BCUT2D eigenvalue weighted by atomic mass is 10.0. The van der Waals surface area contributed by atoms with E-state index in [0.29, 0.717) is 6.42 Å². The highest BCUT2D eigenvalue weighted by atomic mass is 16.3. The van der Waals surface area contributed by atoms with Gasteiger partial charge in [0.15, 0.2) is 0 Å². The fourth-order valence-electron chi connectivity index (χ4n) is 8.37. The van der Waals surface area contributed by atoms with Crippen molar-refractivity contribution in [1.29, 1.82) is 0 Å². The van der Waals surface area contributed by atoms with Gasteiger partial charge in [-0.15, -0.1) is 0 Å². The highest BCUT2D eigenvalue weighted by molar-refractivity contribution is 5.76. The van der Waals surface area contributed by atoms with Gasteiger partial charge in [-0.05, 0) is 32.1 Å². The lowest BCUT2D eigenvalue weighted by Crippen LogP contribution is -2.45. The van der Waals surface area contributed by atoms with Crippen LogP contribution in [0.15, 0.2) is 24.3 Å². The largest absolute Gasteiger partial charge is 0.394 e. The van der Waals surface area contributed by atoms with Crippen molar-refractivity contribution in [3.63, 3.8) is 0 Å². The summed E-state index contributed by atoms with van der Waals surface area (Å²) in [6.45, 7) is 4.33. The second-order valence-corrected chi connectivity index (χ2v) is 18.3. The summed E-state index contributed by atoms with van der Waals surface area (Å²) < 4.78 is 0. The molecule has 0 radical (unpaired) electrons. The van der Waals surface area contributed by atoms with E-state index in [0.717, 1.165) is 32.1 Å². The molecule has 0 bridgehead atoms. The average molecular weight is 816 g/mol. The van der Waals surface area contributed by atoms with Gasteiger partial charge in [-0.3, -0.25) is 4.79 Å². The Bertz CT molecular complexity index is 840. The molecule has 0 spiro atoms. The predicted molar refractivity (Wildman–Crippen MR) is 258 cm³/mol. The highest BCUT2D eigenvalue weighted by Gasteiger charge is 2.18. The maximum Gasteiger partial charge on any atom is 0.220 e. The van der Waals surface area contributed by atoms with E-state index in [1.54, 1.807) is 6.08 Å². The molecule has 0 aromatic heterocycles. The summed E-state index contributed by atoms with van der Waals surface area (Å²) in [5, 5.41) is 23.1. The Morgan fingerprint density at radius 3 is 1.00 bits per heavy atom. The van der Waals surface area contributed by atoms with Gasteiger partial charge in [-0.25, -0.2) is 0 Å². The molecule has 4 nitrogen and oxygen atoms in total. The molecule has 0 aliphatic rings. The standard InChI is InChI=1S/C54H105NO3/c1-3-5-7-9-11-13-15-17-19-21-22-23-24-25-26-27-28-29-30-31-32-34-36-38-40-42-44-46-48-50-54(58)55-52(51-56)53(57)49-47-45-43-41-39-37-35-33-20-18-16-14-12-10-8-6-4-2/h39,41,47,49,52-53,56-57H,3-38,40,42-46,48,50-51H2,1-2H3,(H,55,58)/b41-39+,49-47+. The van der Waals surface area contributed by atoms with E-state index >= 15 is 0 Å². The van der Waals surface area contributed by atoms with Crippen LogP contribution in [0.5, 0.6) is 0 Å². The molecule has 0 rings (SSSR count). The van der Waals surface area contributed by atoms with Crippen LogP contribution in [0.25, 0.3) is 0 Å². The van der Waals surface area contributed by atoms with Gasteiger partial charge in [0.1, 0.15) is 0 Å². The second kappa shape index (κ2) is 50.2. The molecule has 0 saturated carbocycles. The number of hydrogen-bond donors (Lipinski definition) is 3. The fourth-order valence-corrected chi connectivity index (χ4v) is 8.37. The van der Waals surface area contributed by atoms with Crippen molar-refractivity contribution in [2.75, 3.05) is 6.61 Å². The first kappa shape index (κ1) is 56.9. The van der Waals surface area contributed by atoms with E-state index in [1.807, 2.05) is 6.08 Å². The number of aliphatic hydroxyl groups excluding tert-OH is 2. The number of carbonyl (C=O) groups excluding carboxylic acids is 1. The van der Waals surface area contributed by atoms with Gasteiger partial charge in [0, 0.05) is 6.42 Å². The van der Waals surface area contributed by atoms with Crippen LogP contribution in [0.1, 0.15) is 296 Å². The van der Waals surface area contributed by atoms with Crippen LogP contribution in [-0.2, 0) is 4.79 Å². The first-order valence-electron chi connectivity index (χ1n) is 26.6. The van der Waals surface area contributed by atoms with Gasteiger partial charge in [0.05, 0.1) is 18.8 Å². The highest BCUT2D eigenvalue weighted by Crippen LogP contribution is 2.17. The molecular formula is C54H105NO3. The van der Waals surface area contributed by atoms with Gasteiger partial charge in [-0.1, -0.05) is 282 Å². The van der Waals surface area contributed by atoms with Crippen molar-refractivity contribution >= 4 is 5.91 Å². The first-order chi connectivity index (χ1) is 28.7. The Hall–Kier alpha value is -1.13. The lowest BCUT2D eigenvalue weighted by Gasteiger charge is -2.19. The van der Waals surface area contributed by atoms with Gasteiger partial charge in [0.2, 0.25) is 5.91 Å². The molecule has 344 valence electrons. The zero-order valence-electron chi connectivity index (χ0n) is 39.6. The molecule has 0 heterocycles. The minimum absolute atomic E-state index is 0.0677. The summed E-state index contributed by atoms with van der Waals surface area (Å²) in [5.41, 5.74) is 0. The van der Waals surface area contributed by atoms with Crippen molar-refractivity contribution in [1.82, 2.24) is 5.32 Å². The van der Waals surface area contributed by atoms with Crippen molar-refractivity contribution in [2.45, 2.75) is 309 Å². The summed E-state index contributed by atoms with van der Waals surface area (Å²) in [7, 11) is 0. The zero-order valence-corrected chi connectivity index (χ0v) is 39.6. The number of allylic oxidation sites excluding steroid dienone is 3. The SMILES string of the molecule is CCCCCCCCCCCCC/C=C/CC/C=C/C(O)C(CO)NC(=O)CCCCCCCCCCCCCCCCCCCCCCCCCCCCCCC. The molecule has 0 saturated heterocycles. The third-order valence-electron chi connectivity index (χ3n) is 12.4. The van der Waals surface area contributed by atoms with E-state index < -0.39 is 12.1 Å². The third kappa shape index (κ3) is 45.9.